The van der Waals surface area contributed by atoms with Gasteiger partial charge in [0, 0.05) is 23.5 Å². The molecule has 0 bridgehead atoms. The molecule has 0 saturated carbocycles. The molecule has 2 nitrogen and oxygen atoms in total. The van der Waals surface area contributed by atoms with Crippen molar-refractivity contribution in [2.75, 3.05) is 6.61 Å². The van der Waals surface area contributed by atoms with Gasteiger partial charge in [-0.3, -0.25) is 4.98 Å². The summed E-state index contributed by atoms with van der Waals surface area (Å²) in [4.78, 5) is 3.84. The molecule has 0 aliphatic rings. The van der Waals surface area contributed by atoms with Gasteiger partial charge in [0.25, 0.3) is 0 Å². The number of halogens is 1. The second-order valence-electron chi connectivity index (χ2n) is 1.49. The number of hydrogen-bond acceptors (Lipinski definition) is 2. The monoisotopic (exact) mass is 203 g/mol. The van der Waals surface area contributed by atoms with Gasteiger partial charge in [0.15, 0.2) is 0 Å². The Bertz CT molecular complexity index is 155. The summed E-state index contributed by atoms with van der Waals surface area (Å²) in [6.45, 7) is 1.93. The predicted molar refractivity (Wildman–Crippen MR) is 44.7 cm³/mol. The Balaban J connectivity index is 0.000000236. The number of rotatable bonds is 0. The molecule has 56 valence electrons. The summed E-state index contributed by atoms with van der Waals surface area (Å²) in [5.41, 5.74) is 0. The summed E-state index contributed by atoms with van der Waals surface area (Å²) in [7, 11) is 0. The molecule has 0 spiro atoms. The lowest BCUT2D eigenvalue weighted by molar-refractivity contribution is 0.318. The fourth-order valence-corrected chi connectivity index (χ4v) is 0.613. The summed E-state index contributed by atoms with van der Waals surface area (Å²) < 4.78 is 1.02. The lowest BCUT2D eigenvalue weighted by atomic mass is 10.5. The molecule has 0 saturated heterocycles. The third-order valence-electron chi connectivity index (χ3n) is 0.625. The van der Waals surface area contributed by atoms with Crippen LogP contribution in [0.25, 0.3) is 0 Å². The second kappa shape index (κ2) is 6.71. The molecule has 3 heteroatoms. The maximum absolute atomic E-state index is 7.57. The van der Waals surface area contributed by atoms with E-state index in [9.17, 15) is 0 Å². The lowest BCUT2D eigenvalue weighted by Gasteiger charge is -1.80. The minimum atomic E-state index is 0.250. The summed E-state index contributed by atoms with van der Waals surface area (Å²) >= 11 is 3.25. The molecule has 0 radical (unpaired) electrons. The molecule has 10 heavy (non-hydrogen) atoms. The first-order valence-electron chi connectivity index (χ1n) is 2.97. The highest BCUT2D eigenvalue weighted by Gasteiger charge is 1.75. The number of aliphatic hydroxyl groups is 1. The summed E-state index contributed by atoms with van der Waals surface area (Å²) in [6.07, 6.45) is 3.49. The van der Waals surface area contributed by atoms with E-state index in [0.29, 0.717) is 0 Å². The van der Waals surface area contributed by atoms with Crippen molar-refractivity contribution < 1.29 is 5.11 Å². The Labute approximate surface area is 69.0 Å². The van der Waals surface area contributed by atoms with Gasteiger partial charge in [-0.2, -0.15) is 0 Å². The topological polar surface area (TPSA) is 33.1 Å². The second-order valence-corrected chi connectivity index (χ2v) is 2.40. The number of aromatic nitrogens is 1. The van der Waals surface area contributed by atoms with E-state index in [2.05, 4.69) is 20.9 Å². The van der Waals surface area contributed by atoms with Gasteiger partial charge >= 0.3 is 0 Å². The number of aliphatic hydroxyl groups excluding tert-OH is 1. The number of hydrogen-bond donors (Lipinski definition) is 1. The minimum Gasteiger partial charge on any atom is -0.397 e. The van der Waals surface area contributed by atoms with E-state index in [4.69, 9.17) is 5.11 Å². The first-order chi connectivity index (χ1) is 4.81. The predicted octanol–water partition coefficient (Wildman–Crippen LogP) is 1.84. The van der Waals surface area contributed by atoms with Crippen molar-refractivity contribution in [3.05, 3.63) is 29.0 Å². The van der Waals surface area contributed by atoms with Gasteiger partial charge in [0.2, 0.25) is 0 Å². The Morgan fingerprint density at radius 1 is 1.70 bits per heavy atom. The van der Waals surface area contributed by atoms with Gasteiger partial charge in [0.05, 0.1) is 0 Å². The van der Waals surface area contributed by atoms with Crippen molar-refractivity contribution in [2.24, 2.45) is 0 Å². The average molecular weight is 204 g/mol. The Hall–Kier alpha value is -0.410. The first kappa shape index (κ1) is 9.59. The van der Waals surface area contributed by atoms with E-state index in [1.54, 1.807) is 19.3 Å². The van der Waals surface area contributed by atoms with Crippen molar-refractivity contribution in [2.45, 2.75) is 6.92 Å². The molecular weight excluding hydrogens is 194 g/mol. The average Bonchev–Trinajstić information content (AvgIpc) is 1.91. The molecule has 1 heterocycles. The Morgan fingerprint density at radius 3 is 2.50 bits per heavy atom. The molecule has 1 aromatic heterocycles. The van der Waals surface area contributed by atoms with Gasteiger partial charge in [-0.15, -0.1) is 0 Å². The summed E-state index contributed by atoms with van der Waals surface area (Å²) in [5.74, 6) is 0. The van der Waals surface area contributed by atoms with Crippen molar-refractivity contribution in [3.8, 4) is 0 Å². The highest BCUT2D eigenvalue weighted by Crippen LogP contribution is 2.02. The van der Waals surface area contributed by atoms with Crippen LogP contribution in [0.5, 0.6) is 0 Å². The van der Waals surface area contributed by atoms with Gasteiger partial charge in [-0.25, -0.2) is 0 Å². The van der Waals surface area contributed by atoms with Crippen LogP contribution < -0.4 is 0 Å². The van der Waals surface area contributed by atoms with Crippen molar-refractivity contribution >= 4 is 15.9 Å². The molecule has 0 unspecified atom stereocenters. The van der Waals surface area contributed by atoms with E-state index >= 15 is 0 Å². The van der Waals surface area contributed by atoms with E-state index < -0.39 is 0 Å². The van der Waals surface area contributed by atoms with Crippen LogP contribution in [-0.4, -0.2) is 16.7 Å². The molecule has 1 aromatic rings. The van der Waals surface area contributed by atoms with Crippen LogP contribution in [0, 0.1) is 0 Å². The van der Waals surface area contributed by atoms with Crippen LogP contribution in [0.1, 0.15) is 6.92 Å². The van der Waals surface area contributed by atoms with Crippen LogP contribution in [0.4, 0.5) is 0 Å². The quantitative estimate of drug-likeness (QED) is 0.699. The maximum Gasteiger partial charge on any atom is 0.0410 e. The standard InChI is InChI=1S/C5H4BrN.C2H6O/c6-5-2-1-3-7-4-5;1-2-3/h1-4H;3H,2H2,1H3. The van der Waals surface area contributed by atoms with E-state index in [1.165, 1.54) is 0 Å². The van der Waals surface area contributed by atoms with Gasteiger partial charge < -0.3 is 5.11 Å². The smallest absolute Gasteiger partial charge is 0.0410 e. The van der Waals surface area contributed by atoms with Crippen molar-refractivity contribution in [3.63, 3.8) is 0 Å². The Kier molecular flexibility index (Phi) is 6.43. The normalized spacial score (nSPS) is 7.90. The van der Waals surface area contributed by atoms with Crippen LogP contribution in [0.3, 0.4) is 0 Å². The van der Waals surface area contributed by atoms with Crippen molar-refractivity contribution in [1.82, 2.24) is 4.98 Å². The third-order valence-corrected chi connectivity index (χ3v) is 1.09. The van der Waals surface area contributed by atoms with Gasteiger partial charge in [-0.1, -0.05) is 0 Å². The summed E-state index contributed by atoms with van der Waals surface area (Å²) in [6, 6.07) is 3.82. The number of pyridine rings is 1. The van der Waals surface area contributed by atoms with Crippen LogP contribution in [0.2, 0.25) is 0 Å². The Morgan fingerprint density at radius 2 is 2.30 bits per heavy atom. The van der Waals surface area contributed by atoms with E-state index in [-0.39, 0.29) is 6.61 Å². The van der Waals surface area contributed by atoms with E-state index in [1.807, 2.05) is 12.1 Å². The third kappa shape index (κ3) is 5.72. The molecule has 0 fully saturated rings. The van der Waals surface area contributed by atoms with Crippen molar-refractivity contribution in [1.29, 1.82) is 0 Å². The van der Waals surface area contributed by atoms with Crippen LogP contribution >= 0.6 is 15.9 Å². The van der Waals surface area contributed by atoms with E-state index in [0.717, 1.165) is 4.47 Å². The fourth-order valence-electron chi connectivity index (χ4n) is 0.342. The molecular formula is C7H10BrNO. The molecule has 1 rings (SSSR count). The molecule has 0 amide bonds. The summed E-state index contributed by atoms with van der Waals surface area (Å²) in [5, 5.41) is 7.57. The maximum atomic E-state index is 7.57. The fraction of sp³-hybridized carbons (Fsp3) is 0.286. The zero-order chi connectivity index (χ0) is 7.82. The zero-order valence-corrected chi connectivity index (χ0v) is 7.37. The van der Waals surface area contributed by atoms with Gasteiger partial charge in [0.1, 0.15) is 0 Å². The highest BCUT2D eigenvalue weighted by molar-refractivity contribution is 9.10. The van der Waals surface area contributed by atoms with Crippen LogP contribution in [0.15, 0.2) is 29.0 Å². The largest absolute Gasteiger partial charge is 0.397 e. The SMILES string of the molecule is Brc1cccnc1.CCO. The zero-order valence-electron chi connectivity index (χ0n) is 5.79. The molecule has 0 atom stereocenters. The molecule has 0 aromatic carbocycles. The highest BCUT2D eigenvalue weighted by atomic mass is 79.9. The minimum absolute atomic E-state index is 0.250. The first-order valence-corrected chi connectivity index (χ1v) is 3.77. The number of nitrogens with zero attached hydrogens (tertiary/aromatic N) is 1. The van der Waals surface area contributed by atoms with Gasteiger partial charge in [-0.05, 0) is 35.0 Å². The van der Waals surface area contributed by atoms with Crippen LogP contribution in [-0.2, 0) is 0 Å². The molecule has 0 aliphatic carbocycles. The molecule has 0 aliphatic heterocycles. The lowest BCUT2D eigenvalue weighted by Crippen LogP contribution is -1.64. The molecule has 1 N–H and O–H groups in total.